The summed E-state index contributed by atoms with van der Waals surface area (Å²) in [7, 11) is 0. The number of hydrogen-bond donors (Lipinski definition) is 2. The third kappa shape index (κ3) is 2.65. The zero-order chi connectivity index (χ0) is 13.1. The van der Waals surface area contributed by atoms with Crippen molar-refractivity contribution in [1.82, 2.24) is 15.5 Å². The number of nitrogens with one attached hydrogen (secondary N) is 2. The van der Waals surface area contributed by atoms with Crippen molar-refractivity contribution in [2.45, 2.75) is 24.9 Å². The Morgan fingerprint density at radius 3 is 2.79 bits per heavy atom. The van der Waals surface area contributed by atoms with E-state index in [4.69, 9.17) is 0 Å². The van der Waals surface area contributed by atoms with Crippen LogP contribution in [0.2, 0.25) is 0 Å². The number of carbonyl (C=O) groups excluding carboxylic acids is 1. The molecule has 3 rings (SSSR count). The van der Waals surface area contributed by atoms with Crippen LogP contribution < -0.4 is 10.6 Å². The molecular weight excluding hydrogens is 238 g/mol. The Hall–Kier alpha value is -1.39. The molecule has 0 saturated carbocycles. The van der Waals surface area contributed by atoms with Crippen LogP contribution in [0, 0.1) is 0 Å². The van der Waals surface area contributed by atoms with Crippen LogP contribution in [0.3, 0.4) is 0 Å². The van der Waals surface area contributed by atoms with Gasteiger partial charge in [-0.2, -0.15) is 0 Å². The molecule has 0 radical (unpaired) electrons. The van der Waals surface area contributed by atoms with E-state index in [1.54, 1.807) is 0 Å². The Bertz CT molecular complexity index is 428. The highest BCUT2D eigenvalue weighted by atomic mass is 16.2. The zero-order valence-corrected chi connectivity index (χ0v) is 11.1. The molecule has 2 unspecified atom stereocenters. The van der Waals surface area contributed by atoms with Crippen LogP contribution in [0.1, 0.15) is 24.4 Å². The summed E-state index contributed by atoms with van der Waals surface area (Å²) in [6.45, 7) is 3.51. The second kappa shape index (κ2) is 5.72. The third-order valence-electron chi connectivity index (χ3n) is 4.07. The summed E-state index contributed by atoms with van der Waals surface area (Å²) >= 11 is 0. The van der Waals surface area contributed by atoms with E-state index in [0.29, 0.717) is 0 Å². The van der Waals surface area contributed by atoms with Crippen molar-refractivity contribution in [3.8, 4) is 0 Å². The van der Waals surface area contributed by atoms with Gasteiger partial charge in [-0.05, 0) is 24.9 Å². The van der Waals surface area contributed by atoms with Crippen molar-refractivity contribution in [2.24, 2.45) is 0 Å². The maximum atomic E-state index is 12.6. The van der Waals surface area contributed by atoms with Crippen LogP contribution in [-0.4, -0.2) is 43.0 Å². The van der Waals surface area contributed by atoms with Crippen LogP contribution in [0.4, 0.5) is 0 Å². The second-order valence-electron chi connectivity index (χ2n) is 5.31. The molecule has 2 aliphatic rings. The van der Waals surface area contributed by atoms with Crippen LogP contribution in [0.25, 0.3) is 0 Å². The lowest BCUT2D eigenvalue weighted by atomic mass is 10.0. The number of hydrogen-bond acceptors (Lipinski definition) is 3. The molecule has 0 spiro atoms. The molecule has 2 atom stereocenters. The zero-order valence-electron chi connectivity index (χ0n) is 11.1. The largest absolute Gasteiger partial charge is 0.332 e. The highest BCUT2D eigenvalue weighted by Crippen LogP contribution is 2.24. The summed E-state index contributed by atoms with van der Waals surface area (Å²) in [5.74, 6) is 0.271. The normalized spacial score (nSPS) is 27.5. The summed E-state index contributed by atoms with van der Waals surface area (Å²) in [5, 5.41) is 6.71. The molecule has 2 saturated heterocycles. The molecule has 2 N–H and O–H groups in total. The topological polar surface area (TPSA) is 44.4 Å². The monoisotopic (exact) mass is 259 g/mol. The lowest BCUT2D eigenvalue weighted by molar-refractivity contribution is -0.136. The van der Waals surface area contributed by atoms with Gasteiger partial charge in [0, 0.05) is 19.6 Å². The van der Waals surface area contributed by atoms with Gasteiger partial charge in [-0.3, -0.25) is 4.79 Å². The van der Waals surface area contributed by atoms with E-state index in [9.17, 15) is 4.79 Å². The SMILES string of the molecule is O=C(C1CCCN1)N1CCNCC1c1ccccc1. The van der Waals surface area contributed by atoms with Crippen molar-refractivity contribution < 1.29 is 4.79 Å². The summed E-state index contributed by atoms with van der Waals surface area (Å²) in [6, 6.07) is 10.5. The first-order valence-electron chi connectivity index (χ1n) is 7.16. The van der Waals surface area contributed by atoms with Gasteiger partial charge in [-0.15, -0.1) is 0 Å². The molecule has 102 valence electrons. The number of amides is 1. The molecule has 0 bridgehead atoms. The standard InChI is InChI=1S/C15H21N3O/c19-15(13-7-4-8-17-13)18-10-9-16-11-14(18)12-5-2-1-3-6-12/h1-3,5-6,13-14,16-17H,4,7-11H2. The molecule has 0 aromatic heterocycles. The van der Waals surface area contributed by atoms with Crippen molar-refractivity contribution >= 4 is 5.91 Å². The highest BCUT2D eigenvalue weighted by Gasteiger charge is 2.33. The maximum Gasteiger partial charge on any atom is 0.240 e. The summed E-state index contributed by atoms with van der Waals surface area (Å²) < 4.78 is 0. The summed E-state index contributed by atoms with van der Waals surface area (Å²) in [4.78, 5) is 14.7. The van der Waals surface area contributed by atoms with E-state index in [1.165, 1.54) is 5.56 Å². The number of carbonyl (C=O) groups is 1. The molecule has 4 heteroatoms. The van der Waals surface area contributed by atoms with Gasteiger partial charge in [-0.25, -0.2) is 0 Å². The van der Waals surface area contributed by atoms with E-state index in [0.717, 1.165) is 39.0 Å². The fourth-order valence-corrected chi connectivity index (χ4v) is 3.04. The van der Waals surface area contributed by atoms with Gasteiger partial charge in [0.2, 0.25) is 5.91 Å². The van der Waals surface area contributed by atoms with E-state index in [-0.39, 0.29) is 18.0 Å². The maximum absolute atomic E-state index is 12.6. The van der Waals surface area contributed by atoms with Gasteiger partial charge in [0.15, 0.2) is 0 Å². The average Bonchev–Trinajstić information content (AvgIpc) is 3.02. The summed E-state index contributed by atoms with van der Waals surface area (Å²) in [6.07, 6.45) is 2.09. The quantitative estimate of drug-likeness (QED) is 0.830. The lowest BCUT2D eigenvalue weighted by Crippen LogP contribution is -2.53. The predicted molar refractivity (Wildman–Crippen MR) is 74.8 cm³/mol. The van der Waals surface area contributed by atoms with Gasteiger partial charge in [0.05, 0.1) is 12.1 Å². The van der Waals surface area contributed by atoms with Gasteiger partial charge >= 0.3 is 0 Å². The van der Waals surface area contributed by atoms with Crippen LogP contribution in [-0.2, 0) is 4.79 Å². The molecule has 2 fully saturated rings. The fourth-order valence-electron chi connectivity index (χ4n) is 3.04. The number of piperazine rings is 1. The van der Waals surface area contributed by atoms with Crippen molar-refractivity contribution in [3.63, 3.8) is 0 Å². The molecule has 1 aromatic carbocycles. The summed E-state index contributed by atoms with van der Waals surface area (Å²) in [5.41, 5.74) is 1.22. The average molecular weight is 259 g/mol. The molecule has 2 heterocycles. The minimum Gasteiger partial charge on any atom is -0.332 e. The number of nitrogens with zero attached hydrogens (tertiary/aromatic N) is 1. The van der Waals surface area contributed by atoms with Crippen molar-refractivity contribution in [2.75, 3.05) is 26.2 Å². The van der Waals surface area contributed by atoms with Crippen LogP contribution in [0.5, 0.6) is 0 Å². The van der Waals surface area contributed by atoms with Crippen LogP contribution >= 0.6 is 0 Å². The van der Waals surface area contributed by atoms with Gasteiger partial charge < -0.3 is 15.5 Å². The van der Waals surface area contributed by atoms with Crippen molar-refractivity contribution in [3.05, 3.63) is 35.9 Å². The molecule has 2 aliphatic heterocycles. The smallest absolute Gasteiger partial charge is 0.240 e. The van der Waals surface area contributed by atoms with E-state index in [1.807, 2.05) is 18.2 Å². The van der Waals surface area contributed by atoms with Crippen LogP contribution in [0.15, 0.2) is 30.3 Å². The third-order valence-corrected chi connectivity index (χ3v) is 4.07. The van der Waals surface area contributed by atoms with E-state index >= 15 is 0 Å². The molecule has 1 aromatic rings. The fraction of sp³-hybridized carbons (Fsp3) is 0.533. The minimum atomic E-state index is 0.0318. The molecule has 0 aliphatic carbocycles. The van der Waals surface area contributed by atoms with Gasteiger partial charge in [0.1, 0.15) is 0 Å². The molecule has 19 heavy (non-hydrogen) atoms. The Morgan fingerprint density at radius 1 is 1.21 bits per heavy atom. The van der Waals surface area contributed by atoms with Gasteiger partial charge in [-0.1, -0.05) is 30.3 Å². The number of rotatable bonds is 2. The minimum absolute atomic E-state index is 0.0318. The first kappa shape index (κ1) is 12.6. The lowest BCUT2D eigenvalue weighted by Gasteiger charge is -2.38. The Kier molecular flexibility index (Phi) is 3.80. The Morgan fingerprint density at radius 2 is 2.05 bits per heavy atom. The van der Waals surface area contributed by atoms with E-state index < -0.39 is 0 Å². The molecule has 1 amide bonds. The first-order chi connectivity index (χ1) is 9.36. The van der Waals surface area contributed by atoms with E-state index in [2.05, 4.69) is 27.7 Å². The second-order valence-corrected chi connectivity index (χ2v) is 5.31. The predicted octanol–water partition coefficient (Wildman–Crippen LogP) is 0.912. The Balaban J connectivity index is 1.79. The van der Waals surface area contributed by atoms with Crippen molar-refractivity contribution in [1.29, 1.82) is 0 Å². The molecule has 4 nitrogen and oxygen atoms in total. The number of benzene rings is 1. The highest BCUT2D eigenvalue weighted by molar-refractivity contribution is 5.82. The first-order valence-corrected chi connectivity index (χ1v) is 7.16. The van der Waals surface area contributed by atoms with Gasteiger partial charge in [0.25, 0.3) is 0 Å². The molecular formula is C15H21N3O. The Labute approximate surface area is 114 Å².